The lowest BCUT2D eigenvalue weighted by Crippen LogP contribution is -2.27. The molecular weight excluding hydrogens is 220 g/mol. The summed E-state index contributed by atoms with van der Waals surface area (Å²) in [7, 11) is 0. The molecule has 7 nitrogen and oxygen atoms in total. The summed E-state index contributed by atoms with van der Waals surface area (Å²) in [6.45, 7) is 2.29. The van der Waals surface area contributed by atoms with Crippen LogP contribution in [0.15, 0.2) is 18.7 Å². The normalized spacial score (nSPS) is 10.2. The first-order valence-corrected chi connectivity index (χ1v) is 5.17. The Bertz CT molecular complexity index is 478. The Hall–Kier alpha value is -2.31. The smallest absolute Gasteiger partial charge is 0.271 e. The third-order valence-corrected chi connectivity index (χ3v) is 2.13. The Morgan fingerprint density at radius 1 is 1.35 bits per heavy atom. The van der Waals surface area contributed by atoms with Gasteiger partial charge in [-0.25, -0.2) is 9.97 Å². The van der Waals surface area contributed by atoms with Gasteiger partial charge in [-0.15, -0.1) is 0 Å². The lowest BCUT2D eigenvalue weighted by Gasteiger charge is -2.02. The minimum Gasteiger partial charge on any atom is -0.350 e. The Morgan fingerprint density at radius 3 is 2.88 bits per heavy atom. The van der Waals surface area contributed by atoms with Gasteiger partial charge in [0.15, 0.2) is 0 Å². The van der Waals surface area contributed by atoms with Crippen LogP contribution in [-0.4, -0.2) is 37.6 Å². The van der Waals surface area contributed by atoms with E-state index in [0.717, 1.165) is 11.5 Å². The quantitative estimate of drug-likeness (QED) is 0.765. The van der Waals surface area contributed by atoms with Gasteiger partial charge in [0.2, 0.25) is 0 Å². The Balaban J connectivity index is 1.83. The number of carbonyl (C=O) groups excluding carboxylic acids is 1. The maximum Gasteiger partial charge on any atom is 0.271 e. The summed E-state index contributed by atoms with van der Waals surface area (Å²) >= 11 is 0. The Morgan fingerprint density at radius 2 is 2.24 bits per heavy atom. The predicted octanol–water partition coefficient (Wildman–Crippen LogP) is -0.124. The number of aryl methyl sites for hydroxylation is 1. The minimum absolute atomic E-state index is 0.239. The highest BCUT2D eigenvalue weighted by Crippen LogP contribution is 1.94. The summed E-state index contributed by atoms with van der Waals surface area (Å²) in [6.07, 6.45) is 5.05. The molecule has 0 atom stereocenters. The van der Waals surface area contributed by atoms with Crippen LogP contribution in [0.25, 0.3) is 0 Å². The zero-order valence-electron chi connectivity index (χ0n) is 9.34. The second-order valence-corrected chi connectivity index (χ2v) is 3.48. The number of nitrogens with one attached hydrogen (secondary N) is 2. The molecule has 2 N–H and O–H groups in total. The largest absolute Gasteiger partial charge is 0.350 e. The number of hydrogen-bond acceptors (Lipinski definition) is 5. The van der Waals surface area contributed by atoms with E-state index >= 15 is 0 Å². The molecule has 2 aromatic rings. The molecule has 0 radical (unpaired) electrons. The van der Waals surface area contributed by atoms with Gasteiger partial charge in [0.1, 0.15) is 17.8 Å². The van der Waals surface area contributed by atoms with Gasteiger partial charge < -0.3 is 5.32 Å². The first-order chi connectivity index (χ1) is 8.25. The molecule has 0 bridgehead atoms. The van der Waals surface area contributed by atoms with Crippen LogP contribution in [0.5, 0.6) is 0 Å². The molecule has 2 aromatic heterocycles. The summed E-state index contributed by atoms with van der Waals surface area (Å²) < 4.78 is 0. The number of aromatic amines is 1. The molecule has 0 aliphatic heterocycles. The number of carbonyl (C=O) groups is 1. The highest BCUT2D eigenvalue weighted by atomic mass is 16.1. The van der Waals surface area contributed by atoms with Gasteiger partial charge in [-0.05, 0) is 6.92 Å². The van der Waals surface area contributed by atoms with Crippen molar-refractivity contribution in [1.29, 1.82) is 0 Å². The Labute approximate surface area is 97.7 Å². The molecule has 0 aromatic carbocycles. The van der Waals surface area contributed by atoms with Crippen molar-refractivity contribution >= 4 is 5.91 Å². The fourth-order valence-electron chi connectivity index (χ4n) is 1.25. The summed E-state index contributed by atoms with van der Waals surface area (Å²) in [4.78, 5) is 23.6. The molecule has 0 aliphatic rings. The third kappa shape index (κ3) is 3.07. The Kier molecular flexibility index (Phi) is 3.39. The van der Waals surface area contributed by atoms with Crippen LogP contribution < -0.4 is 5.32 Å². The molecule has 1 amide bonds. The molecular formula is C10H12N6O. The highest BCUT2D eigenvalue weighted by Gasteiger charge is 2.06. The number of amides is 1. The summed E-state index contributed by atoms with van der Waals surface area (Å²) in [5, 5.41) is 9.16. The van der Waals surface area contributed by atoms with Crippen molar-refractivity contribution in [2.75, 3.05) is 6.54 Å². The minimum atomic E-state index is -0.239. The van der Waals surface area contributed by atoms with Crippen LogP contribution >= 0.6 is 0 Å². The van der Waals surface area contributed by atoms with Crippen molar-refractivity contribution in [1.82, 2.24) is 30.5 Å². The van der Waals surface area contributed by atoms with Crippen molar-refractivity contribution < 1.29 is 4.79 Å². The first kappa shape index (κ1) is 11.2. The number of H-pyrrole nitrogens is 1. The lowest BCUT2D eigenvalue weighted by atomic mass is 10.3. The standard InChI is InChI=1S/C10H12N6O/c1-7-4-13-8(5-12-7)10(17)11-3-2-9-14-6-15-16-9/h4-6H,2-3H2,1H3,(H,11,17)(H,14,15,16). The van der Waals surface area contributed by atoms with Crippen molar-refractivity contribution in [3.8, 4) is 0 Å². The van der Waals surface area contributed by atoms with Gasteiger partial charge in [0, 0.05) is 19.2 Å². The average molecular weight is 232 g/mol. The van der Waals surface area contributed by atoms with Gasteiger partial charge in [0.25, 0.3) is 5.91 Å². The van der Waals surface area contributed by atoms with Crippen LogP contribution in [0.1, 0.15) is 22.0 Å². The number of nitrogens with zero attached hydrogens (tertiary/aromatic N) is 4. The molecule has 2 rings (SSSR count). The zero-order chi connectivity index (χ0) is 12.1. The van der Waals surface area contributed by atoms with Gasteiger partial charge in [-0.3, -0.25) is 14.9 Å². The topological polar surface area (TPSA) is 96.5 Å². The van der Waals surface area contributed by atoms with E-state index < -0.39 is 0 Å². The van der Waals surface area contributed by atoms with Crippen LogP contribution in [0, 0.1) is 6.92 Å². The molecule has 0 fully saturated rings. The monoisotopic (exact) mass is 232 g/mol. The average Bonchev–Trinajstić information content (AvgIpc) is 2.83. The molecule has 0 unspecified atom stereocenters. The van der Waals surface area contributed by atoms with Gasteiger partial charge in [-0.2, -0.15) is 5.10 Å². The summed E-state index contributed by atoms with van der Waals surface area (Å²) in [5.74, 6) is 0.498. The van der Waals surface area contributed by atoms with E-state index in [9.17, 15) is 4.79 Å². The lowest BCUT2D eigenvalue weighted by molar-refractivity contribution is 0.0948. The van der Waals surface area contributed by atoms with E-state index in [1.54, 1.807) is 6.20 Å². The number of rotatable bonds is 4. The molecule has 7 heteroatoms. The maximum absolute atomic E-state index is 11.6. The van der Waals surface area contributed by atoms with E-state index in [0.29, 0.717) is 18.7 Å². The van der Waals surface area contributed by atoms with E-state index in [-0.39, 0.29) is 5.91 Å². The summed E-state index contributed by atoms with van der Waals surface area (Å²) in [6, 6.07) is 0. The molecule has 0 saturated heterocycles. The predicted molar refractivity (Wildman–Crippen MR) is 59.2 cm³/mol. The first-order valence-electron chi connectivity index (χ1n) is 5.17. The van der Waals surface area contributed by atoms with Gasteiger partial charge in [-0.1, -0.05) is 0 Å². The van der Waals surface area contributed by atoms with Crippen LogP contribution in [-0.2, 0) is 6.42 Å². The van der Waals surface area contributed by atoms with Crippen LogP contribution in [0.2, 0.25) is 0 Å². The van der Waals surface area contributed by atoms with Crippen LogP contribution in [0.4, 0.5) is 0 Å². The molecule has 0 spiro atoms. The fraction of sp³-hybridized carbons (Fsp3) is 0.300. The van der Waals surface area contributed by atoms with Crippen molar-refractivity contribution in [3.63, 3.8) is 0 Å². The van der Waals surface area contributed by atoms with Gasteiger partial charge >= 0.3 is 0 Å². The highest BCUT2D eigenvalue weighted by molar-refractivity contribution is 5.91. The number of aromatic nitrogens is 5. The number of hydrogen-bond donors (Lipinski definition) is 2. The second-order valence-electron chi connectivity index (χ2n) is 3.48. The zero-order valence-corrected chi connectivity index (χ0v) is 9.34. The van der Waals surface area contributed by atoms with E-state index in [1.807, 2.05) is 6.92 Å². The second kappa shape index (κ2) is 5.15. The van der Waals surface area contributed by atoms with Crippen molar-refractivity contribution in [3.05, 3.63) is 35.9 Å². The van der Waals surface area contributed by atoms with E-state index in [2.05, 4.69) is 30.5 Å². The van der Waals surface area contributed by atoms with Crippen LogP contribution in [0.3, 0.4) is 0 Å². The maximum atomic E-state index is 11.6. The SMILES string of the molecule is Cc1cnc(C(=O)NCCc2ncn[nH]2)cn1. The van der Waals surface area contributed by atoms with Crippen molar-refractivity contribution in [2.45, 2.75) is 13.3 Å². The molecule has 0 aliphatic carbocycles. The molecule has 17 heavy (non-hydrogen) atoms. The molecule has 0 saturated carbocycles. The third-order valence-electron chi connectivity index (χ3n) is 2.13. The van der Waals surface area contributed by atoms with E-state index in [1.165, 1.54) is 12.5 Å². The molecule has 88 valence electrons. The van der Waals surface area contributed by atoms with Crippen molar-refractivity contribution in [2.24, 2.45) is 0 Å². The van der Waals surface area contributed by atoms with Gasteiger partial charge in [0.05, 0.1) is 11.9 Å². The van der Waals surface area contributed by atoms with E-state index in [4.69, 9.17) is 0 Å². The summed E-state index contributed by atoms with van der Waals surface area (Å²) in [5.41, 5.74) is 1.09. The fourth-order valence-corrected chi connectivity index (χ4v) is 1.25. The molecule has 2 heterocycles.